The molecule has 1 unspecified atom stereocenters. The zero-order valence-corrected chi connectivity index (χ0v) is 6.75. The summed E-state index contributed by atoms with van der Waals surface area (Å²) in [6.45, 7) is 4.40. The topological polar surface area (TPSA) is 20.2 Å². The fraction of sp³-hybridized carbons (Fsp3) is 0.556. The van der Waals surface area contributed by atoms with Crippen LogP contribution in [0.2, 0.25) is 0 Å². The van der Waals surface area contributed by atoms with Crippen LogP contribution in [0, 0.1) is 5.92 Å². The molecule has 1 heteroatoms. The first-order valence-corrected chi connectivity index (χ1v) is 3.77. The quantitative estimate of drug-likeness (QED) is 0.470. The molecule has 1 atom stereocenters. The monoisotopic (exact) mass is 140 g/mol. The van der Waals surface area contributed by atoms with E-state index in [0.29, 0.717) is 0 Å². The van der Waals surface area contributed by atoms with Crippen LogP contribution in [0.15, 0.2) is 24.5 Å². The van der Waals surface area contributed by atoms with Gasteiger partial charge in [-0.15, -0.1) is 0 Å². The van der Waals surface area contributed by atoms with Crippen LogP contribution in [0.5, 0.6) is 0 Å². The average molecular weight is 140 g/mol. The maximum Gasteiger partial charge on any atom is 0.0791 e. The van der Waals surface area contributed by atoms with Gasteiger partial charge in [0.1, 0.15) is 0 Å². The van der Waals surface area contributed by atoms with E-state index in [9.17, 15) is 0 Å². The van der Waals surface area contributed by atoms with Crippen LogP contribution in [0.3, 0.4) is 0 Å². The van der Waals surface area contributed by atoms with E-state index in [0.717, 1.165) is 18.6 Å². The lowest BCUT2D eigenvalue weighted by atomic mass is 10.1. The van der Waals surface area contributed by atoms with E-state index in [1.165, 1.54) is 6.42 Å². The minimum atomic E-state index is 0.753. The molecule has 0 saturated heterocycles. The Morgan fingerprint density at radius 2 is 2.10 bits per heavy atom. The molecule has 0 rings (SSSR count). The Morgan fingerprint density at radius 1 is 1.40 bits per heavy atom. The molecule has 0 aromatic heterocycles. The van der Waals surface area contributed by atoms with Gasteiger partial charge in [0.25, 0.3) is 0 Å². The number of hydrogen-bond donors (Lipinski definition) is 1. The first-order valence-electron chi connectivity index (χ1n) is 3.77. The van der Waals surface area contributed by atoms with Gasteiger partial charge >= 0.3 is 0 Å². The van der Waals surface area contributed by atoms with Crippen LogP contribution in [0.4, 0.5) is 0 Å². The lowest BCUT2D eigenvalue weighted by Gasteiger charge is -2.00. The number of aliphatic hydroxyl groups excluding tert-OH is 1. The molecule has 0 amide bonds. The number of hydrogen-bond acceptors (Lipinski definition) is 1. The van der Waals surface area contributed by atoms with E-state index in [2.05, 4.69) is 19.9 Å². The van der Waals surface area contributed by atoms with Crippen LogP contribution in [-0.4, -0.2) is 5.11 Å². The van der Waals surface area contributed by atoms with Crippen molar-refractivity contribution in [3.05, 3.63) is 24.5 Å². The molecule has 1 nitrogen and oxygen atoms in total. The van der Waals surface area contributed by atoms with Crippen molar-refractivity contribution >= 4 is 0 Å². The number of rotatable bonds is 4. The number of allylic oxidation sites excluding steroid dienone is 3. The van der Waals surface area contributed by atoms with Gasteiger partial charge in [-0.05, 0) is 18.4 Å². The zero-order valence-electron chi connectivity index (χ0n) is 6.75. The third kappa shape index (κ3) is 5.42. The van der Waals surface area contributed by atoms with E-state index in [1.54, 1.807) is 6.08 Å². The smallest absolute Gasteiger partial charge is 0.0791 e. The van der Waals surface area contributed by atoms with Gasteiger partial charge in [0, 0.05) is 0 Å². The second-order valence-corrected chi connectivity index (χ2v) is 2.52. The number of aliphatic hydroxyl groups is 1. The summed E-state index contributed by atoms with van der Waals surface area (Å²) in [5, 5.41) is 8.26. The van der Waals surface area contributed by atoms with Crippen LogP contribution in [0.25, 0.3) is 0 Å². The van der Waals surface area contributed by atoms with Crippen molar-refractivity contribution in [2.24, 2.45) is 5.92 Å². The molecule has 10 heavy (non-hydrogen) atoms. The summed E-state index contributed by atoms with van der Waals surface area (Å²) in [4.78, 5) is 0. The predicted octanol–water partition coefficient (Wildman–Crippen LogP) is 3.05. The van der Waals surface area contributed by atoms with E-state index >= 15 is 0 Å². The van der Waals surface area contributed by atoms with Crippen molar-refractivity contribution in [1.82, 2.24) is 0 Å². The SMILES string of the molecule is CCC(C)CC=CC=CO. The molecule has 0 aromatic carbocycles. The van der Waals surface area contributed by atoms with E-state index in [1.807, 2.05) is 6.08 Å². The third-order valence-corrected chi connectivity index (χ3v) is 1.57. The van der Waals surface area contributed by atoms with E-state index in [4.69, 9.17) is 5.11 Å². The summed E-state index contributed by atoms with van der Waals surface area (Å²) in [6, 6.07) is 0. The average Bonchev–Trinajstić information content (AvgIpc) is 1.98. The van der Waals surface area contributed by atoms with Gasteiger partial charge in [0.05, 0.1) is 6.26 Å². The van der Waals surface area contributed by atoms with Crippen LogP contribution < -0.4 is 0 Å². The Labute approximate surface area is 63.1 Å². The van der Waals surface area contributed by atoms with E-state index in [-0.39, 0.29) is 0 Å². The van der Waals surface area contributed by atoms with Gasteiger partial charge in [0.2, 0.25) is 0 Å². The normalized spacial score (nSPS) is 15.0. The highest BCUT2D eigenvalue weighted by atomic mass is 16.2. The van der Waals surface area contributed by atoms with Crippen molar-refractivity contribution in [3.8, 4) is 0 Å². The Balaban J connectivity index is 3.33. The molecule has 0 aliphatic carbocycles. The Bertz CT molecular complexity index is 114. The molecule has 0 radical (unpaired) electrons. The van der Waals surface area contributed by atoms with Crippen molar-refractivity contribution in [1.29, 1.82) is 0 Å². The molecule has 0 saturated carbocycles. The summed E-state index contributed by atoms with van der Waals surface area (Å²) in [5.74, 6) is 0.753. The lowest BCUT2D eigenvalue weighted by Crippen LogP contribution is -1.87. The highest BCUT2D eigenvalue weighted by molar-refractivity contribution is 4.99. The third-order valence-electron chi connectivity index (χ3n) is 1.57. The van der Waals surface area contributed by atoms with Crippen LogP contribution in [0.1, 0.15) is 26.7 Å². The summed E-state index contributed by atoms with van der Waals surface area (Å²) in [5.41, 5.74) is 0. The molecule has 0 bridgehead atoms. The van der Waals surface area contributed by atoms with Gasteiger partial charge in [-0.2, -0.15) is 0 Å². The van der Waals surface area contributed by atoms with Gasteiger partial charge < -0.3 is 5.11 Å². The lowest BCUT2D eigenvalue weighted by molar-refractivity contribution is 0.473. The largest absolute Gasteiger partial charge is 0.516 e. The van der Waals surface area contributed by atoms with Crippen LogP contribution in [-0.2, 0) is 0 Å². The first kappa shape index (κ1) is 9.28. The summed E-state index contributed by atoms with van der Waals surface area (Å²) in [7, 11) is 0. The second-order valence-electron chi connectivity index (χ2n) is 2.52. The van der Waals surface area contributed by atoms with Crippen molar-refractivity contribution < 1.29 is 5.11 Å². The summed E-state index contributed by atoms with van der Waals surface area (Å²) in [6.07, 6.45) is 8.93. The molecule has 0 heterocycles. The fourth-order valence-electron chi connectivity index (χ4n) is 0.606. The van der Waals surface area contributed by atoms with Gasteiger partial charge in [-0.1, -0.05) is 32.4 Å². The molecular formula is C9H16O. The molecular weight excluding hydrogens is 124 g/mol. The first-order chi connectivity index (χ1) is 4.81. The minimum Gasteiger partial charge on any atom is -0.516 e. The van der Waals surface area contributed by atoms with Crippen LogP contribution >= 0.6 is 0 Å². The summed E-state index contributed by atoms with van der Waals surface area (Å²) >= 11 is 0. The highest BCUT2D eigenvalue weighted by Gasteiger charge is 1.91. The Morgan fingerprint density at radius 3 is 2.60 bits per heavy atom. The van der Waals surface area contributed by atoms with Crippen molar-refractivity contribution in [2.75, 3.05) is 0 Å². The predicted molar refractivity (Wildman–Crippen MR) is 45.0 cm³/mol. The second kappa shape index (κ2) is 6.40. The molecule has 58 valence electrons. The molecule has 0 aromatic rings. The van der Waals surface area contributed by atoms with Gasteiger partial charge in [0.15, 0.2) is 0 Å². The molecule has 0 spiro atoms. The molecule has 0 aliphatic heterocycles. The standard InChI is InChI=1S/C9H16O/c1-3-9(2)7-5-4-6-8-10/h4-6,8-10H,3,7H2,1-2H3. The van der Waals surface area contributed by atoms with Crippen molar-refractivity contribution in [3.63, 3.8) is 0 Å². The zero-order chi connectivity index (χ0) is 7.82. The summed E-state index contributed by atoms with van der Waals surface area (Å²) < 4.78 is 0. The molecule has 1 N–H and O–H groups in total. The maximum atomic E-state index is 8.26. The fourth-order valence-corrected chi connectivity index (χ4v) is 0.606. The molecule has 0 aliphatic rings. The van der Waals surface area contributed by atoms with E-state index < -0.39 is 0 Å². The Kier molecular flexibility index (Phi) is 5.94. The van der Waals surface area contributed by atoms with Gasteiger partial charge in [-0.25, -0.2) is 0 Å². The highest BCUT2D eigenvalue weighted by Crippen LogP contribution is 2.06. The molecule has 0 fully saturated rings. The van der Waals surface area contributed by atoms with Crippen molar-refractivity contribution in [2.45, 2.75) is 26.7 Å². The van der Waals surface area contributed by atoms with Gasteiger partial charge in [-0.3, -0.25) is 0 Å². The Hall–Kier alpha value is -0.720. The maximum absolute atomic E-state index is 8.26. The minimum absolute atomic E-state index is 0.753.